The number of rotatable bonds is 6. The molecule has 1 N–H and O–H groups in total. The lowest BCUT2D eigenvalue weighted by atomic mass is 10.2. The van der Waals surface area contributed by atoms with E-state index in [-0.39, 0.29) is 6.03 Å². The van der Waals surface area contributed by atoms with Crippen LogP contribution in [0.4, 0.5) is 4.79 Å². The van der Waals surface area contributed by atoms with Gasteiger partial charge in [0.15, 0.2) is 0 Å². The first kappa shape index (κ1) is 17.1. The average Bonchev–Trinajstić information content (AvgIpc) is 3.30. The first-order valence-electron chi connectivity index (χ1n) is 8.07. The zero-order valence-corrected chi connectivity index (χ0v) is 15.0. The van der Waals surface area contributed by atoms with Gasteiger partial charge in [-0.15, -0.1) is 0 Å². The summed E-state index contributed by atoms with van der Waals surface area (Å²) in [5, 5.41) is 3.96. The lowest BCUT2D eigenvalue weighted by Crippen LogP contribution is -2.41. The van der Waals surface area contributed by atoms with Crippen molar-refractivity contribution in [3.8, 4) is 0 Å². The second-order valence-electron chi connectivity index (χ2n) is 5.91. The van der Waals surface area contributed by atoms with Gasteiger partial charge < -0.3 is 14.8 Å². The third-order valence-corrected chi connectivity index (χ3v) is 4.77. The van der Waals surface area contributed by atoms with E-state index in [2.05, 4.69) is 10.3 Å². The minimum absolute atomic E-state index is 0.0240. The summed E-state index contributed by atoms with van der Waals surface area (Å²) in [4.78, 5) is 18.5. The van der Waals surface area contributed by atoms with E-state index in [0.717, 1.165) is 24.2 Å². The van der Waals surface area contributed by atoms with E-state index in [0.29, 0.717) is 35.7 Å². The van der Waals surface area contributed by atoms with Crippen LogP contribution in [0.2, 0.25) is 10.0 Å². The van der Waals surface area contributed by atoms with Crippen molar-refractivity contribution in [3.05, 3.63) is 52.0 Å². The number of nitrogens with one attached hydrogen (secondary N) is 1. The van der Waals surface area contributed by atoms with Crippen LogP contribution in [0, 0.1) is 0 Å². The second kappa shape index (κ2) is 7.45. The van der Waals surface area contributed by atoms with Crippen molar-refractivity contribution in [1.82, 2.24) is 19.8 Å². The third-order valence-electron chi connectivity index (χ3n) is 4.03. The molecular weight excluding hydrogens is 347 g/mol. The van der Waals surface area contributed by atoms with Crippen LogP contribution in [0.3, 0.4) is 0 Å². The standard InChI is InChI=1S/C17H20Cl2N4O/c1-2-20-17(24)23(13-4-5-13)11-16-21-7-8-22(16)10-12-3-6-14(18)15(19)9-12/h3,6-9,13H,2,4-5,10-11H2,1H3,(H,20,24). The highest BCUT2D eigenvalue weighted by atomic mass is 35.5. The molecule has 0 bridgehead atoms. The second-order valence-corrected chi connectivity index (χ2v) is 6.73. The maximum Gasteiger partial charge on any atom is 0.318 e. The minimum atomic E-state index is -0.0240. The maximum atomic E-state index is 12.2. The Labute approximate surface area is 151 Å². The lowest BCUT2D eigenvalue weighted by molar-refractivity contribution is 0.190. The quantitative estimate of drug-likeness (QED) is 0.841. The summed E-state index contributed by atoms with van der Waals surface area (Å²) < 4.78 is 2.04. The fourth-order valence-corrected chi connectivity index (χ4v) is 2.95. The van der Waals surface area contributed by atoms with E-state index >= 15 is 0 Å². The van der Waals surface area contributed by atoms with E-state index in [4.69, 9.17) is 23.2 Å². The molecule has 1 heterocycles. The van der Waals surface area contributed by atoms with Crippen LogP contribution in [-0.4, -0.2) is 33.1 Å². The van der Waals surface area contributed by atoms with Gasteiger partial charge in [-0.05, 0) is 37.5 Å². The van der Waals surface area contributed by atoms with Crippen LogP contribution < -0.4 is 5.32 Å². The maximum absolute atomic E-state index is 12.2. The number of amides is 2. The summed E-state index contributed by atoms with van der Waals surface area (Å²) in [5.41, 5.74) is 1.04. The van der Waals surface area contributed by atoms with Gasteiger partial charge >= 0.3 is 6.03 Å². The molecular formula is C17H20Cl2N4O. The van der Waals surface area contributed by atoms with Crippen molar-refractivity contribution in [3.63, 3.8) is 0 Å². The Morgan fingerprint density at radius 3 is 2.83 bits per heavy atom. The van der Waals surface area contributed by atoms with Crippen LogP contribution in [0.5, 0.6) is 0 Å². The highest BCUT2D eigenvalue weighted by Gasteiger charge is 2.33. The molecule has 1 aliphatic rings. The van der Waals surface area contributed by atoms with E-state index in [1.165, 1.54) is 0 Å². The Morgan fingerprint density at radius 2 is 2.17 bits per heavy atom. The number of imidazole rings is 1. The van der Waals surface area contributed by atoms with Gasteiger partial charge in [0.1, 0.15) is 5.82 Å². The van der Waals surface area contributed by atoms with Crippen molar-refractivity contribution >= 4 is 29.2 Å². The predicted molar refractivity (Wildman–Crippen MR) is 95.4 cm³/mol. The largest absolute Gasteiger partial charge is 0.338 e. The molecule has 1 fully saturated rings. The molecule has 2 amide bonds. The summed E-state index contributed by atoms with van der Waals surface area (Å²) in [7, 11) is 0. The summed E-state index contributed by atoms with van der Waals surface area (Å²) in [6.07, 6.45) is 5.80. The first-order valence-corrected chi connectivity index (χ1v) is 8.82. The summed E-state index contributed by atoms with van der Waals surface area (Å²) in [6.45, 7) is 3.69. The van der Waals surface area contributed by atoms with Crippen molar-refractivity contribution in [2.24, 2.45) is 0 Å². The number of hydrogen-bond acceptors (Lipinski definition) is 2. The molecule has 0 saturated heterocycles. The van der Waals surface area contributed by atoms with Gasteiger partial charge in [-0.2, -0.15) is 0 Å². The molecule has 5 nitrogen and oxygen atoms in total. The van der Waals surface area contributed by atoms with E-state index in [1.54, 1.807) is 12.3 Å². The molecule has 24 heavy (non-hydrogen) atoms. The molecule has 0 spiro atoms. The van der Waals surface area contributed by atoms with Crippen molar-refractivity contribution in [1.29, 1.82) is 0 Å². The Bertz CT molecular complexity index is 727. The molecule has 2 aromatic rings. The molecule has 0 unspecified atom stereocenters. The molecule has 1 aromatic heterocycles. The van der Waals surface area contributed by atoms with Crippen molar-refractivity contribution in [2.45, 2.75) is 38.9 Å². The molecule has 0 radical (unpaired) electrons. The normalized spacial score (nSPS) is 13.8. The van der Waals surface area contributed by atoms with Gasteiger partial charge in [0.2, 0.25) is 0 Å². The molecule has 128 valence electrons. The first-order chi connectivity index (χ1) is 11.6. The van der Waals surface area contributed by atoms with Gasteiger partial charge in [0.05, 0.1) is 16.6 Å². The fraction of sp³-hybridized carbons (Fsp3) is 0.412. The van der Waals surface area contributed by atoms with Crippen LogP contribution in [0.15, 0.2) is 30.6 Å². The van der Waals surface area contributed by atoms with E-state index in [1.807, 2.05) is 34.7 Å². The number of carbonyl (C=O) groups excluding carboxylic acids is 1. The van der Waals surface area contributed by atoms with Crippen LogP contribution in [-0.2, 0) is 13.1 Å². The summed E-state index contributed by atoms with van der Waals surface area (Å²) in [5.74, 6) is 0.860. The SMILES string of the molecule is CCNC(=O)N(Cc1nccn1Cc1ccc(Cl)c(Cl)c1)C1CC1. The van der Waals surface area contributed by atoms with Crippen LogP contribution >= 0.6 is 23.2 Å². The van der Waals surface area contributed by atoms with Crippen LogP contribution in [0.25, 0.3) is 0 Å². The zero-order valence-electron chi connectivity index (χ0n) is 13.5. The fourth-order valence-electron chi connectivity index (χ4n) is 2.63. The van der Waals surface area contributed by atoms with E-state index in [9.17, 15) is 4.79 Å². The summed E-state index contributed by atoms with van der Waals surface area (Å²) >= 11 is 12.1. The van der Waals surface area contributed by atoms with Gasteiger partial charge in [-0.3, -0.25) is 0 Å². The monoisotopic (exact) mass is 366 g/mol. The van der Waals surface area contributed by atoms with Crippen LogP contribution in [0.1, 0.15) is 31.2 Å². The minimum Gasteiger partial charge on any atom is -0.338 e. The topological polar surface area (TPSA) is 50.2 Å². The Hall–Kier alpha value is -1.72. The lowest BCUT2D eigenvalue weighted by Gasteiger charge is -2.22. The van der Waals surface area contributed by atoms with Crippen molar-refractivity contribution in [2.75, 3.05) is 6.54 Å². The molecule has 7 heteroatoms. The molecule has 0 aliphatic heterocycles. The molecule has 1 saturated carbocycles. The van der Waals surface area contributed by atoms with Gasteiger partial charge in [0, 0.05) is 31.5 Å². The van der Waals surface area contributed by atoms with Gasteiger partial charge in [-0.25, -0.2) is 9.78 Å². The predicted octanol–water partition coefficient (Wildman–Crippen LogP) is 3.93. The number of nitrogens with zero attached hydrogens (tertiary/aromatic N) is 3. The smallest absolute Gasteiger partial charge is 0.318 e. The number of hydrogen-bond donors (Lipinski definition) is 1. The molecule has 0 atom stereocenters. The van der Waals surface area contributed by atoms with Gasteiger partial charge in [0.25, 0.3) is 0 Å². The van der Waals surface area contributed by atoms with Crippen molar-refractivity contribution < 1.29 is 4.79 Å². The molecule has 3 rings (SSSR count). The summed E-state index contributed by atoms with van der Waals surface area (Å²) in [6, 6.07) is 5.90. The molecule has 1 aromatic carbocycles. The number of halogens is 2. The highest BCUT2D eigenvalue weighted by molar-refractivity contribution is 6.42. The number of carbonyl (C=O) groups is 1. The third kappa shape index (κ3) is 4.02. The zero-order chi connectivity index (χ0) is 17.1. The number of urea groups is 1. The Balaban J connectivity index is 1.74. The number of benzene rings is 1. The average molecular weight is 367 g/mol. The van der Waals surface area contributed by atoms with E-state index < -0.39 is 0 Å². The molecule has 1 aliphatic carbocycles. The Morgan fingerprint density at radius 1 is 1.38 bits per heavy atom. The number of aromatic nitrogens is 2. The van der Waals surface area contributed by atoms with Gasteiger partial charge in [-0.1, -0.05) is 29.3 Å². The highest BCUT2D eigenvalue weighted by Crippen LogP contribution is 2.28. The Kier molecular flexibility index (Phi) is 5.31.